The zero-order valence-corrected chi connectivity index (χ0v) is 65.2. The van der Waals surface area contributed by atoms with Gasteiger partial charge in [0.25, 0.3) is 0 Å². The highest BCUT2D eigenvalue weighted by atomic mass is 16.8. The highest BCUT2D eigenvalue weighted by Crippen LogP contribution is 2.33. The van der Waals surface area contributed by atoms with Gasteiger partial charge in [0.1, 0.15) is 73.2 Å². The van der Waals surface area contributed by atoms with Gasteiger partial charge in [-0.2, -0.15) is 0 Å². The molecular formula is C86H151NO18. The Balaban J connectivity index is 1.38. The van der Waals surface area contributed by atoms with Crippen LogP contribution in [0.25, 0.3) is 0 Å². The number of nitrogens with one attached hydrogen (secondary N) is 1. The molecule has 12 N–H and O–H groups in total. The molecule has 0 aromatic rings. The average Bonchev–Trinajstić information content (AvgIpc) is 0.781. The summed E-state index contributed by atoms with van der Waals surface area (Å²) in [6.45, 7) is 1.62. The maximum Gasteiger partial charge on any atom is 0.220 e. The fraction of sp³-hybridized carbons (Fsp3) is 0.802. The van der Waals surface area contributed by atoms with E-state index in [1.54, 1.807) is 6.08 Å². The fourth-order valence-electron chi connectivity index (χ4n) is 13.7. The van der Waals surface area contributed by atoms with Crippen molar-refractivity contribution in [3.05, 3.63) is 97.2 Å². The molecule has 0 saturated carbocycles. The Bertz CT molecular complexity index is 2270. The molecule has 0 radical (unpaired) electrons. The minimum atomic E-state index is -1.99. The van der Waals surface area contributed by atoms with Crippen LogP contribution in [0, 0.1) is 0 Å². The second-order valence-electron chi connectivity index (χ2n) is 29.5. The van der Waals surface area contributed by atoms with Crippen molar-refractivity contribution >= 4 is 5.91 Å². The highest BCUT2D eigenvalue weighted by Gasteiger charge is 2.54. The summed E-state index contributed by atoms with van der Waals surface area (Å²) in [5.74, 6) is -0.294. The minimum absolute atomic E-state index is 0.223. The standard InChI is InChI=1S/C86H151NO18/c1-3-5-7-9-11-13-15-17-19-21-23-25-27-29-31-32-33-34-35-36-38-39-41-43-45-47-49-51-53-55-57-59-61-63-70(91)69(87-74(92)64-62-60-58-56-54-52-50-48-46-44-42-40-37-30-28-26-24-22-20-18-16-14-12-10-8-6-4-2)68-100-84-80(98)77(95)82(72(66-89)102-84)105-86-81(99)78(96)83(73(67-90)103-86)104-85-79(97)76(94)75(93)71(65-88)101-85/h6,8,12,14,18,20,24,26,30,37,45,47,53,55,61,63,69-73,75-86,88-91,93-99H,3-5,7,9-11,13,15-17,19,21-23,25,27-29,31-36,38-44,46,48-52,54,56-60,62,64-68H2,1-2H3,(H,87,92)/b8-6-,14-12-,20-18-,26-24-,37-30-,47-45+,55-53+,63-61+. The van der Waals surface area contributed by atoms with E-state index in [-0.39, 0.29) is 18.9 Å². The van der Waals surface area contributed by atoms with E-state index >= 15 is 0 Å². The SMILES string of the molecule is CC/C=C\C/C=C\C/C=C\C/C=C\C/C=C\CCCCCCCCCCCCCC(=O)NC(COC1OC(CO)C(OC2OC(CO)C(OC3OC(CO)C(O)C(O)C3O)C(O)C2O)C(O)C1O)C(O)/C=C/CC/C=C/CC/C=C/CCCCCCCCCCCCCCCCCCCCCCCCC. The first-order valence-corrected chi connectivity index (χ1v) is 42.0. The van der Waals surface area contributed by atoms with Gasteiger partial charge in [0.05, 0.1) is 38.6 Å². The van der Waals surface area contributed by atoms with Gasteiger partial charge in [-0.3, -0.25) is 4.79 Å². The second kappa shape index (κ2) is 65.4. The van der Waals surface area contributed by atoms with Crippen molar-refractivity contribution in [2.24, 2.45) is 0 Å². The van der Waals surface area contributed by atoms with Crippen molar-refractivity contribution in [1.29, 1.82) is 0 Å². The summed E-state index contributed by atoms with van der Waals surface area (Å²) in [6.07, 6.45) is 62.6. The lowest BCUT2D eigenvalue weighted by molar-refractivity contribution is -0.379. The van der Waals surface area contributed by atoms with E-state index in [1.165, 1.54) is 186 Å². The van der Waals surface area contributed by atoms with Crippen molar-refractivity contribution in [2.75, 3.05) is 26.4 Å². The molecule has 19 nitrogen and oxygen atoms in total. The van der Waals surface area contributed by atoms with Gasteiger partial charge in [-0.15, -0.1) is 0 Å². The summed E-state index contributed by atoms with van der Waals surface area (Å²) >= 11 is 0. The maximum absolute atomic E-state index is 13.5. The van der Waals surface area contributed by atoms with Crippen molar-refractivity contribution in [2.45, 2.75) is 413 Å². The van der Waals surface area contributed by atoms with Crippen LogP contribution in [0.1, 0.15) is 309 Å². The van der Waals surface area contributed by atoms with Crippen LogP contribution in [-0.4, -0.2) is 193 Å². The molecule has 3 heterocycles. The molecule has 19 heteroatoms. The Kier molecular flexibility index (Phi) is 59.8. The zero-order valence-electron chi connectivity index (χ0n) is 65.2. The summed E-state index contributed by atoms with van der Waals surface area (Å²) in [4.78, 5) is 13.5. The number of rotatable bonds is 66. The topological polar surface area (TPSA) is 307 Å². The summed E-state index contributed by atoms with van der Waals surface area (Å²) < 4.78 is 34.4. The molecule has 608 valence electrons. The van der Waals surface area contributed by atoms with Gasteiger partial charge in [0.15, 0.2) is 18.9 Å². The Morgan fingerprint density at radius 3 is 1.07 bits per heavy atom. The predicted octanol–water partition coefficient (Wildman–Crippen LogP) is 14.7. The Morgan fingerprint density at radius 2 is 0.667 bits per heavy atom. The molecule has 0 aromatic heterocycles. The van der Waals surface area contributed by atoms with Crippen LogP contribution in [0.5, 0.6) is 0 Å². The second-order valence-corrected chi connectivity index (χ2v) is 29.5. The first kappa shape index (κ1) is 95.9. The van der Waals surface area contributed by atoms with E-state index < -0.39 is 124 Å². The van der Waals surface area contributed by atoms with Crippen LogP contribution < -0.4 is 5.32 Å². The van der Waals surface area contributed by atoms with E-state index in [2.05, 4.69) is 104 Å². The van der Waals surface area contributed by atoms with Gasteiger partial charge in [-0.25, -0.2) is 0 Å². The van der Waals surface area contributed by atoms with Gasteiger partial charge < -0.3 is 89.9 Å². The van der Waals surface area contributed by atoms with E-state index in [0.717, 1.165) is 89.9 Å². The number of allylic oxidation sites excluding steroid dienone is 15. The van der Waals surface area contributed by atoms with Gasteiger partial charge in [-0.05, 0) is 89.9 Å². The first-order chi connectivity index (χ1) is 51.3. The highest BCUT2D eigenvalue weighted by molar-refractivity contribution is 5.76. The molecular weight excluding hydrogens is 1330 g/mol. The van der Waals surface area contributed by atoms with Crippen LogP contribution in [0.3, 0.4) is 0 Å². The van der Waals surface area contributed by atoms with Crippen molar-refractivity contribution in [3.63, 3.8) is 0 Å². The lowest BCUT2D eigenvalue weighted by Crippen LogP contribution is -2.66. The molecule has 3 rings (SSSR count). The van der Waals surface area contributed by atoms with Gasteiger partial charge in [-0.1, -0.05) is 310 Å². The van der Waals surface area contributed by atoms with E-state index in [0.29, 0.717) is 12.8 Å². The van der Waals surface area contributed by atoms with Crippen molar-refractivity contribution in [1.82, 2.24) is 5.32 Å². The van der Waals surface area contributed by atoms with Crippen LogP contribution >= 0.6 is 0 Å². The Hall–Kier alpha value is -3.29. The molecule has 105 heavy (non-hydrogen) atoms. The monoisotopic (exact) mass is 1490 g/mol. The molecule has 3 aliphatic heterocycles. The number of hydrogen-bond acceptors (Lipinski definition) is 18. The predicted molar refractivity (Wildman–Crippen MR) is 420 cm³/mol. The third-order valence-electron chi connectivity index (χ3n) is 20.3. The molecule has 3 aliphatic rings. The smallest absolute Gasteiger partial charge is 0.220 e. The molecule has 0 aromatic carbocycles. The van der Waals surface area contributed by atoms with E-state index in [4.69, 9.17) is 28.4 Å². The molecule has 0 aliphatic carbocycles. The minimum Gasteiger partial charge on any atom is -0.394 e. The Morgan fingerprint density at radius 1 is 0.352 bits per heavy atom. The molecule has 3 saturated heterocycles. The third kappa shape index (κ3) is 45.0. The number of amides is 1. The molecule has 17 atom stereocenters. The summed E-state index contributed by atoms with van der Waals surface area (Å²) in [7, 11) is 0. The van der Waals surface area contributed by atoms with Crippen LogP contribution in [0.2, 0.25) is 0 Å². The van der Waals surface area contributed by atoms with Crippen LogP contribution in [0.15, 0.2) is 97.2 Å². The summed E-state index contributed by atoms with van der Waals surface area (Å²) in [5.41, 5.74) is 0. The number of hydrogen-bond donors (Lipinski definition) is 12. The van der Waals surface area contributed by atoms with E-state index in [1.807, 2.05) is 6.08 Å². The third-order valence-corrected chi connectivity index (χ3v) is 20.3. The quantitative estimate of drug-likeness (QED) is 0.0199. The number of unbranched alkanes of at least 4 members (excludes halogenated alkanes) is 36. The maximum atomic E-state index is 13.5. The van der Waals surface area contributed by atoms with Crippen molar-refractivity contribution < 1.29 is 89.4 Å². The van der Waals surface area contributed by atoms with Crippen molar-refractivity contribution in [3.8, 4) is 0 Å². The van der Waals surface area contributed by atoms with Gasteiger partial charge >= 0.3 is 0 Å². The molecule has 0 spiro atoms. The fourth-order valence-corrected chi connectivity index (χ4v) is 13.7. The van der Waals surface area contributed by atoms with Gasteiger partial charge in [0.2, 0.25) is 5.91 Å². The molecule has 1 amide bonds. The average molecular weight is 1490 g/mol. The Labute approximate surface area is 634 Å². The largest absolute Gasteiger partial charge is 0.394 e. The number of ether oxygens (including phenoxy) is 6. The number of aliphatic hydroxyl groups is 11. The zero-order chi connectivity index (χ0) is 76.0. The molecule has 17 unspecified atom stereocenters. The lowest BCUT2D eigenvalue weighted by Gasteiger charge is -2.48. The summed E-state index contributed by atoms with van der Waals surface area (Å²) in [6, 6.07) is -1.01. The number of aliphatic hydroxyl groups excluding tert-OH is 11. The lowest BCUT2D eigenvalue weighted by atomic mass is 9.96. The van der Waals surface area contributed by atoms with Gasteiger partial charge in [0, 0.05) is 6.42 Å². The molecule has 3 fully saturated rings. The van der Waals surface area contributed by atoms with Crippen LogP contribution in [-0.2, 0) is 33.2 Å². The number of carbonyl (C=O) groups excluding carboxylic acids is 1. The first-order valence-electron chi connectivity index (χ1n) is 42.0. The number of carbonyl (C=O) groups is 1. The molecule has 0 bridgehead atoms. The van der Waals surface area contributed by atoms with E-state index in [9.17, 15) is 61.0 Å². The summed E-state index contributed by atoms with van der Waals surface area (Å²) in [5, 5.41) is 121. The normalized spacial score (nSPS) is 26.3. The van der Waals surface area contributed by atoms with Crippen LogP contribution in [0.4, 0.5) is 0 Å².